The van der Waals surface area contributed by atoms with Crippen LogP contribution in [0.4, 0.5) is 0 Å². The second-order valence-electron chi connectivity index (χ2n) is 3.51. The second kappa shape index (κ2) is 3.77. The number of aldehydes is 1. The zero-order valence-corrected chi connectivity index (χ0v) is 8.60. The molecule has 3 nitrogen and oxygen atoms in total. The normalized spacial score (nSPS) is 10.7. The van der Waals surface area contributed by atoms with Gasteiger partial charge in [0.2, 0.25) is 0 Å². The van der Waals surface area contributed by atoms with E-state index in [2.05, 4.69) is 0 Å². The third kappa shape index (κ3) is 1.61. The van der Waals surface area contributed by atoms with Gasteiger partial charge in [0.15, 0.2) is 0 Å². The Kier molecular flexibility index (Phi) is 2.46. The van der Waals surface area contributed by atoms with Crippen LogP contribution in [0.25, 0.3) is 10.9 Å². The van der Waals surface area contributed by atoms with Gasteiger partial charge < -0.3 is 14.5 Å². The summed E-state index contributed by atoms with van der Waals surface area (Å²) < 4.78 is 2.04. The van der Waals surface area contributed by atoms with Crippen LogP contribution in [0.2, 0.25) is 0 Å². The average molecular weight is 203 g/mol. The molecular weight excluding hydrogens is 190 g/mol. The molecule has 0 bridgehead atoms. The fourth-order valence-corrected chi connectivity index (χ4v) is 1.87. The molecule has 0 saturated carbocycles. The summed E-state index contributed by atoms with van der Waals surface area (Å²) in [7, 11) is 0. The van der Waals surface area contributed by atoms with Crippen LogP contribution in [0.5, 0.6) is 5.75 Å². The van der Waals surface area contributed by atoms with E-state index in [4.69, 9.17) is 0 Å². The van der Waals surface area contributed by atoms with E-state index in [9.17, 15) is 9.90 Å². The topological polar surface area (TPSA) is 42.2 Å². The highest BCUT2D eigenvalue weighted by Crippen LogP contribution is 2.25. The molecule has 0 amide bonds. The number of nitrogens with zero attached hydrogens (tertiary/aromatic N) is 1. The Morgan fingerprint density at radius 2 is 2.27 bits per heavy atom. The lowest BCUT2D eigenvalue weighted by Gasteiger charge is -1.99. The summed E-state index contributed by atoms with van der Waals surface area (Å²) in [6, 6.07) is 5.24. The van der Waals surface area contributed by atoms with E-state index >= 15 is 0 Å². The monoisotopic (exact) mass is 203 g/mol. The molecule has 0 radical (unpaired) electrons. The predicted molar refractivity (Wildman–Crippen MR) is 59.0 cm³/mol. The molecule has 0 spiro atoms. The van der Waals surface area contributed by atoms with Gasteiger partial charge in [-0.1, -0.05) is 0 Å². The first-order valence-corrected chi connectivity index (χ1v) is 5.00. The molecule has 0 saturated heterocycles. The lowest BCUT2D eigenvalue weighted by atomic mass is 10.1. The minimum atomic E-state index is 0.257. The summed E-state index contributed by atoms with van der Waals surface area (Å²) in [4.78, 5) is 10.5. The molecule has 0 aliphatic heterocycles. The van der Waals surface area contributed by atoms with Crippen molar-refractivity contribution < 1.29 is 9.90 Å². The van der Waals surface area contributed by atoms with Gasteiger partial charge in [-0.25, -0.2) is 0 Å². The molecule has 15 heavy (non-hydrogen) atoms. The minimum absolute atomic E-state index is 0.257. The first-order chi connectivity index (χ1) is 7.26. The summed E-state index contributed by atoms with van der Waals surface area (Å²) in [5.74, 6) is 0.257. The number of carbonyl (C=O) groups excluding carboxylic acids is 1. The van der Waals surface area contributed by atoms with Crippen LogP contribution in [0.15, 0.2) is 24.4 Å². The van der Waals surface area contributed by atoms with E-state index in [0.717, 1.165) is 29.3 Å². The van der Waals surface area contributed by atoms with E-state index in [0.29, 0.717) is 6.42 Å². The molecule has 0 aliphatic carbocycles. The van der Waals surface area contributed by atoms with Gasteiger partial charge in [-0.2, -0.15) is 0 Å². The van der Waals surface area contributed by atoms with Gasteiger partial charge in [0.25, 0.3) is 0 Å². The molecule has 3 heteroatoms. The fraction of sp³-hybridized carbons (Fsp3) is 0.250. The Morgan fingerprint density at radius 3 is 2.93 bits per heavy atom. The largest absolute Gasteiger partial charge is 0.508 e. The summed E-state index contributed by atoms with van der Waals surface area (Å²) in [6.45, 7) is 2.87. The number of carbonyl (C=O) groups is 1. The van der Waals surface area contributed by atoms with Crippen LogP contribution in [0.3, 0.4) is 0 Å². The molecular formula is C12H13NO2. The van der Waals surface area contributed by atoms with Crippen molar-refractivity contribution in [1.82, 2.24) is 4.57 Å². The molecule has 1 heterocycles. The van der Waals surface area contributed by atoms with Crippen molar-refractivity contribution in [1.29, 1.82) is 0 Å². The number of hydrogen-bond acceptors (Lipinski definition) is 2. The first kappa shape index (κ1) is 9.77. The number of phenols is 1. The minimum Gasteiger partial charge on any atom is -0.508 e. The van der Waals surface area contributed by atoms with Crippen molar-refractivity contribution in [2.45, 2.75) is 19.9 Å². The van der Waals surface area contributed by atoms with Crippen LogP contribution < -0.4 is 0 Å². The standard InChI is InChI=1S/C12H13NO2/c1-2-13-8-9(5-6-14)11-4-3-10(15)7-12(11)13/h3-4,6-8,15H,2,5H2,1H3. The zero-order chi connectivity index (χ0) is 10.8. The fourth-order valence-electron chi connectivity index (χ4n) is 1.87. The SMILES string of the molecule is CCn1cc(CC=O)c2ccc(O)cc21. The summed E-state index contributed by atoms with van der Waals surface area (Å²) in [5, 5.41) is 10.4. The van der Waals surface area contributed by atoms with E-state index in [1.165, 1.54) is 0 Å². The highest BCUT2D eigenvalue weighted by molar-refractivity contribution is 5.87. The number of aromatic hydroxyl groups is 1. The van der Waals surface area contributed by atoms with Gasteiger partial charge in [0, 0.05) is 30.6 Å². The van der Waals surface area contributed by atoms with Crippen molar-refractivity contribution in [2.24, 2.45) is 0 Å². The van der Waals surface area contributed by atoms with Crippen LogP contribution in [-0.4, -0.2) is 16.0 Å². The van der Waals surface area contributed by atoms with Crippen molar-refractivity contribution in [3.8, 4) is 5.75 Å². The molecule has 1 aromatic heterocycles. The van der Waals surface area contributed by atoms with Gasteiger partial charge in [-0.3, -0.25) is 0 Å². The maximum absolute atomic E-state index is 10.5. The molecule has 2 aromatic rings. The first-order valence-electron chi connectivity index (χ1n) is 5.00. The maximum Gasteiger partial charge on any atom is 0.124 e. The van der Waals surface area contributed by atoms with Crippen LogP contribution in [0.1, 0.15) is 12.5 Å². The van der Waals surface area contributed by atoms with Gasteiger partial charge in [-0.15, -0.1) is 0 Å². The number of aromatic nitrogens is 1. The quantitative estimate of drug-likeness (QED) is 0.776. The van der Waals surface area contributed by atoms with Crippen molar-refractivity contribution >= 4 is 17.2 Å². The molecule has 2 rings (SSSR count). The van der Waals surface area contributed by atoms with E-state index in [-0.39, 0.29) is 5.75 Å². The number of phenolic OH excluding ortho intramolecular Hbond substituents is 1. The van der Waals surface area contributed by atoms with Crippen molar-refractivity contribution in [2.75, 3.05) is 0 Å². The number of fused-ring (bicyclic) bond motifs is 1. The molecule has 0 atom stereocenters. The number of aryl methyl sites for hydroxylation is 1. The predicted octanol–water partition coefficient (Wildman–Crippen LogP) is 2.11. The van der Waals surface area contributed by atoms with E-state index in [1.807, 2.05) is 23.8 Å². The van der Waals surface area contributed by atoms with Gasteiger partial charge in [0.05, 0.1) is 5.52 Å². The van der Waals surface area contributed by atoms with Gasteiger partial charge in [-0.05, 0) is 24.6 Å². The molecule has 1 aromatic carbocycles. The van der Waals surface area contributed by atoms with Crippen LogP contribution in [0, 0.1) is 0 Å². The third-order valence-electron chi connectivity index (χ3n) is 2.59. The second-order valence-corrected chi connectivity index (χ2v) is 3.51. The van der Waals surface area contributed by atoms with E-state index in [1.54, 1.807) is 12.1 Å². The Morgan fingerprint density at radius 1 is 1.47 bits per heavy atom. The smallest absolute Gasteiger partial charge is 0.124 e. The van der Waals surface area contributed by atoms with Crippen LogP contribution >= 0.6 is 0 Å². The van der Waals surface area contributed by atoms with Crippen molar-refractivity contribution in [3.05, 3.63) is 30.0 Å². The van der Waals surface area contributed by atoms with E-state index < -0.39 is 0 Å². The molecule has 0 fully saturated rings. The Labute approximate surface area is 87.9 Å². The third-order valence-corrected chi connectivity index (χ3v) is 2.59. The number of benzene rings is 1. The van der Waals surface area contributed by atoms with Gasteiger partial charge in [0.1, 0.15) is 12.0 Å². The highest BCUT2D eigenvalue weighted by Gasteiger charge is 2.07. The molecule has 78 valence electrons. The number of rotatable bonds is 3. The summed E-state index contributed by atoms with van der Waals surface area (Å²) in [5.41, 5.74) is 2.00. The zero-order valence-electron chi connectivity index (χ0n) is 8.60. The maximum atomic E-state index is 10.5. The molecule has 0 unspecified atom stereocenters. The summed E-state index contributed by atoms with van der Waals surface area (Å²) >= 11 is 0. The number of hydrogen-bond donors (Lipinski definition) is 1. The summed E-state index contributed by atoms with van der Waals surface area (Å²) in [6.07, 6.45) is 3.30. The van der Waals surface area contributed by atoms with Gasteiger partial charge >= 0.3 is 0 Å². The molecule has 1 N–H and O–H groups in total. The van der Waals surface area contributed by atoms with Crippen LogP contribution in [-0.2, 0) is 17.8 Å². The highest BCUT2D eigenvalue weighted by atomic mass is 16.3. The lowest BCUT2D eigenvalue weighted by molar-refractivity contribution is -0.107. The lowest BCUT2D eigenvalue weighted by Crippen LogP contribution is -1.90. The molecule has 0 aliphatic rings. The average Bonchev–Trinajstić information content (AvgIpc) is 2.56. The Balaban J connectivity index is 2.69. The Bertz CT molecular complexity index is 500. The van der Waals surface area contributed by atoms with Crippen molar-refractivity contribution in [3.63, 3.8) is 0 Å². The Hall–Kier alpha value is -1.77.